The molecule has 2 atom stereocenters. The molecule has 2 aromatic carbocycles. The summed E-state index contributed by atoms with van der Waals surface area (Å²) in [5.74, 6) is -1.30. The van der Waals surface area contributed by atoms with Crippen molar-refractivity contribution < 1.29 is 50.5 Å². The Morgan fingerprint density at radius 1 is 0.898 bits per heavy atom. The topological polar surface area (TPSA) is 127 Å². The molecule has 15 heteroatoms. The van der Waals surface area contributed by atoms with E-state index in [1.807, 2.05) is 0 Å². The van der Waals surface area contributed by atoms with Gasteiger partial charge >= 0.3 is 18.6 Å². The predicted octanol–water partition coefficient (Wildman–Crippen LogP) is 7.18. The van der Waals surface area contributed by atoms with Gasteiger partial charge in [-0.1, -0.05) is 35.3 Å². The number of aromatic nitrogens is 1. The van der Waals surface area contributed by atoms with E-state index in [2.05, 4.69) is 9.72 Å². The van der Waals surface area contributed by atoms with Crippen molar-refractivity contribution >= 4 is 45.0 Å². The highest BCUT2D eigenvalue weighted by molar-refractivity contribution is 7.89. The number of esters is 2. The number of carbonyl (C=O) groups excluding carboxylic acids is 2. The van der Waals surface area contributed by atoms with Crippen molar-refractivity contribution in [2.75, 3.05) is 19.5 Å². The van der Waals surface area contributed by atoms with E-state index in [1.54, 1.807) is 0 Å². The van der Waals surface area contributed by atoms with Gasteiger partial charge in [-0.3, -0.25) is 4.98 Å². The molecule has 1 heterocycles. The number of carbonyl (C=O) groups is 2. The van der Waals surface area contributed by atoms with Crippen LogP contribution in [0.25, 0.3) is 0 Å². The van der Waals surface area contributed by atoms with Crippen LogP contribution >= 0.6 is 23.2 Å². The monoisotopic (exact) mass is 741 g/mol. The van der Waals surface area contributed by atoms with Crippen LogP contribution in [-0.4, -0.2) is 57.5 Å². The van der Waals surface area contributed by atoms with Gasteiger partial charge in [-0.15, -0.1) is 0 Å². The number of hydrogen-bond donors (Lipinski definition) is 0. The first-order valence-corrected chi connectivity index (χ1v) is 18.4. The molecular weight excluding hydrogens is 707 g/mol. The zero-order valence-corrected chi connectivity index (χ0v) is 29.0. The number of sulfone groups is 1. The molecule has 5 rings (SSSR count). The molecule has 10 nitrogen and oxygen atoms in total. The minimum absolute atomic E-state index is 0.0381. The minimum Gasteiger partial charge on any atom is -0.493 e. The van der Waals surface area contributed by atoms with E-state index in [9.17, 15) is 26.8 Å². The molecular formula is C34H35Cl2F2NO9S. The molecule has 3 aromatic rings. The van der Waals surface area contributed by atoms with Crippen LogP contribution in [0.5, 0.6) is 17.2 Å². The van der Waals surface area contributed by atoms with Crippen LogP contribution in [0.2, 0.25) is 10.0 Å². The number of pyridine rings is 1. The third-order valence-electron chi connectivity index (χ3n) is 7.84. The number of halogens is 4. The molecule has 1 aromatic heterocycles. The van der Waals surface area contributed by atoms with E-state index in [0.29, 0.717) is 41.7 Å². The smallest absolute Gasteiger partial charge is 0.387 e. The maximum absolute atomic E-state index is 13.4. The highest BCUT2D eigenvalue weighted by Crippen LogP contribution is 2.38. The van der Waals surface area contributed by atoms with E-state index in [1.165, 1.54) is 55.7 Å². The summed E-state index contributed by atoms with van der Waals surface area (Å²) in [6, 6.07) is 8.45. The molecule has 2 fully saturated rings. The van der Waals surface area contributed by atoms with Gasteiger partial charge in [0.2, 0.25) is 0 Å². The van der Waals surface area contributed by atoms with Crippen LogP contribution < -0.4 is 14.2 Å². The Morgan fingerprint density at radius 3 is 2.12 bits per heavy atom. The largest absolute Gasteiger partial charge is 0.493 e. The molecule has 0 radical (unpaired) electrons. The summed E-state index contributed by atoms with van der Waals surface area (Å²) in [4.78, 5) is 30.5. The summed E-state index contributed by atoms with van der Waals surface area (Å²) in [5.41, 5.74) is 1.19. The number of rotatable bonds is 17. The zero-order valence-electron chi connectivity index (χ0n) is 26.7. The molecule has 2 saturated carbocycles. The summed E-state index contributed by atoms with van der Waals surface area (Å²) in [7, 11) is -3.39. The second kappa shape index (κ2) is 15.9. The van der Waals surface area contributed by atoms with Crippen molar-refractivity contribution in [2.45, 2.75) is 63.6 Å². The van der Waals surface area contributed by atoms with Gasteiger partial charge in [0.25, 0.3) is 0 Å². The Bertz CT molecular complexity index is 1760. The standard InChI is InChI=1S/C34H35Cl2F2NO9S/c1-19(46-33(41)23-7-8-24(18-49(2,42)43)29(12-23)44-16-20-3-4-20)32(40)47-30(13-25-26(35)14-39-15-27(25)36)22-9-10-28(48-34(37)38)31(11-22)45-17-21-5-6-21/h7-12,14-15,19-21,30,34H,3-6,13,16-18H2,1-2H3/t19-,30-/m0/s1. The lowest BCUT2D eigenvalue weighted by Crippen LogP contribution is -2.28. The number of ether oxygens (including phenoxy) is 5. The van der Waals surface area contributed by atoms with Gasteiger partial charge < -0.3 is 23.7 Å². The van der Waals surface area contributed by atoms with Crippen molar-refractivity contribution in [3.05, 3.63) is 81.1 Å². The van der Waals surface area contributed by atoms with Gasteiger partial charge in [0.1, 0.15) is 11.9 Å². The fraction of sp³-hybridized carbons (Fsp3) is 0.441. The molecule has 0 bridgehead atoms. The predicted molar refractivity (Wildman–Crippen MR) is 176 cm³/mol. The zero-order chi connectivity index (χ0) is 35.3. The van der Waals surface area contributed by atoms with Crippen LogP contribution in [-0.2, 0) is 36.3 Å². The summed E-state index contributed by atoms with van der Waals surface area (Å²) in [5, 5.41) is 0.407. The maximum Gasteiger partial charge on any atom is 0.387 e. The van der Waals surface area contributed by atoms with Crippen LogP contribution in [0.15, 0.2) is 48.8 Å². The van der Waals surface area contributed by atoms with Gasteiger partial charge in [0.05, 0.1) is 34.6 Å². The Kier molecular flexibility index (Phi) is 11.9. The van der Waals surface area contributed by atoms with Crippen molar-refractivity contribution in [2.24, 2.45) is 11.8 Å². The summed E-state index contributed by atoms with van der Waals surface area (Å²) in [6.07, 6.45) is 5.24. The van der Waals surface area contributed by atoms with Crippen molar-refractivity contribution in [3.8, 4) is 17.2 Å². The molecule has 0 spiro atoms. The first kappa shape index (κ1) is 36.6. The summed E-state index contributed by atoms with van der Waals surface area (Å²) < 4.78 is 77.9. The minimum atomic E-state index is -3.39. The van der Waals surface area contributed by atoms with Crippen LogP contribution in [0, 0.1) is 11.8 Å². The Hall–Kier alpha value is -3.68. The Morgan fingerprint density at radius 2 is 1.53 bits per heavy atom. The number of hydrogen-bond acceptors (Lipinski definition) is 10. The third kappa shape index (κ3) is 10.9. The van der Waals surface area contributed by atoms with E-state index >= 15 is 0 Å². The normalized spacial score (nSPS) is 15.7. The fourth-order valence-electron chi connectivity index (χ4n) is 4.79. The fourth-order valence-corrected chi connectivity index (χ4v) is 6.11. The molecule has 0 unspecified atom stereocenters. The highest BCUT2D eigenvalue weighted by Gasteiger charge is 2.29. The van der Waals surface area contributed by atoms with Crippen LogP contribution in [0.3, 0.4) is 0 Å². The van der Waals surface area contributed by atoms with Crippen molar-refractivity contribution in [1.29, 1.82) is 0 Å². The molecule has 0 amide bonds. The number of nitrogens with zero attached hydrogens (tertiary/aromatic N) is 1. The van der Waals surface area contributed by atoms with Crippen LogP contribution in [0.4, 0.5) is 8.78 Å². The van der Waals surface area contributed by atoms with E-state index in [-0.39, 0.29) is 45.0 Å². The van der Waals surface area contributed by atoms with Crippen molar-refractivity contribution in [1.82, 2.24) is 4.98 Å². The molecule has 0 saturated heterocycles. The van der Waals surface area contributed by atoms with E-state index in [4.69, 9.17) is 42.1 Å². The lowest BCUT2D eigenvalue weighted by molar-refractivity contribution is -0.159. The molecule has 2 aliphatic rings. The molecule has 0 aliphatic heterocycles. The number of benzene rings is 2. The SMILES string of the molecule is C[C@H](OC(=O)c1ccc(CS(C)(=O)=O)c(OCC2CC2)c1)C(=O)O[C@@H](Cc1c(Cl)cncc1Cl)c1ccc(OC(F)F)c(OCC2CC2)c1. The lowest BCUT2D eigenvalue weighted by Gasteiger charge is -2.23. The average Bonchev–Trinajstić information content (AvgIpc) is 3.96. The second-order valence-electron chi connectivity index (χ2n) is 12.2. The first-order chi connectivity index (χ1) is 23.3. The van der Waals surface area contributed by atoms with Gasteiger partial charge in [0.15, 0.2) is 27.4 Å². The van der Waals surface area contributed by atoms with E-state index in [0.717, 1.165) is 31.9 Å². The molecule has 264 valence electrons. The average molecular weight is 743 g/mol. The quantitative estimate of drug-likeness (QED) is 0.131. The maximum atomic E-state index is 13.4. The van der Waals surface area contributed by atoms with E-state index < -0.39 is 40.6 Å². The van der Waals surface area contributed by atoms with Gasteiger partial charge in [0, 0.05) is 30.6 Å². The summed E-state index contributed by atoms with van der Waals surface area (Å²) >= 11 is 12.8. The van der Waals surface area contributed by atoms with Gasteiger partial charge in [-0.05, 0) is 79.8 Å². The second-order valence-corrected chi connectivity index (χ2v) is 15.2. The Balaban J connectivity index is 1.35. The molecule has 0 N–H and O–H groups in total. The third-order valence-corrected chi connectivity index (χ3v) is 9.32. The summed E-state index contributed by atoms with van der Waals surface area (Å²) in [6.45, 7) is -1.08. The van der Waals surface area contributed by atoms with Gasteiger partial charge in [-0.2, -0.15) is 8.78 Å². The number of alkyl halides is 2. The molecule has 49 heavy (non-hydrogen) atoms. The van der Waals surface area contributed by atoms with Gasteiger partial charge in [-0.25, -0.2) is 18.0 Å². The first-order valence-electron chi connectivity index (χ1n) is 15.6. The Labute approximate surface area is 292 Å². The van der Waals surface area contributed by atoms with Crippen LogP contribution in [0.1, 0.15) is 65.8 Å². The molecule has 2 aliphatic carbocycles. The highest BCUT2D eigenvalue weighted by atomic mass is 35.5. The van der Waals surface area contributed by atoms with Crippen molar-refractivity contribution in [3.63, 3.8) is 0 Å². The lowest BCUT2D eigenvalue weighted by atomic mass is 10.0.